The van der Waals surface area contributed by atoms with Crippen molar-refractivity contribution in [2.45, 2.75) is 0 Å². The van der Waals surface area contributed by atoms with Gasteiger partial charge >= 0.3 is 57.8 Å². The number of ether oxygens (including phenoxy) is 2. The number of hydrogen-bond donors (Lipinski definition) is 5. The van der Waals surface area contributed by atoms with E-state index in [1.807, 2.05) is 0 Å². The Bertz CT molecular complexity index is 754. The minimum absolute atomic E-state index is 0. The minimum atomic E-state index is -1.17. The molecule has 0 heterocycles. The molecule has 0 rings (SSSR count). The third-order valence-electron chi connectivity index (χ3n) is 5.72. The molecule has 0 atom stereocenters. The predicted octanol–water partition coefficient (Wildman–Crippen LogP) is -3.92. The number of aliphatic carboxylic acids is 3. The third-order valence-corrected chi connectivity index (χ3v) is 5.72. The van der Waals surface area contributed by atoms with Crippen LogP contribution in [0.2, 0.25) is 0 Å². The number of rotatable bonds is 26. The first-order valence-corrected chi connectivity index (χ1v) is 13.1. The molecule has 0 aliphatic heterocycles. The van der Waals surface area contributed by atoms with Gasteiger partial charge in [0.2, 0.25) is 11.8 Å². The monoisotopic (exact) mass is 753 g/mol. The molecule has 0 saturated carbocycles. The molecule has 17 nitrogen and oxygen atoms in total. The summed E-state index contributed by atoms with van der Waals surface area (Å²) in [5, 5.41) is 45.4. The molecule has 0 fully saturated rings. The van der Waals surface area contributed by atoms with Crippen molar-refractivity contribution in [3.05, 3.63) is 0 Å². The van der Waals surface area contributed by atoms with Gasteiger partial charge in [-0.2, -0.15) is 0 Å². The van der Waals surface area contributed by atoms with Gasteiger partial charge in [-0.05, 0) is 0 Å². The summed E-state index contributed by atoms with van der Waals surface area (Å²) in [6.07, 6.45) is 0. The molecule has 5 N–H and O–H groups in total. The van der Waals surface area contributed by atoms with E-state index in [0.29, 0.717) is 0 Å². The van der Waals surface area contributed by atoms with Crippen LogP contribution in [0.1, 0.15) is 0 Å². The van der Waals surface area contributed by atoms with Crippen molar-refractivity contribution in [1.82, 2.24) is 24.5 Å². The molecule has 0 spiro atoms. The minimum Gasteiger partial charge on any atom is -0.480 e. The van der Waals surface area contributed by atoms with Gasteiger partial charge in [0.1, 0.15) is 0 Å². The molecule has 0 aromatic rings. The van der Waals surface area contributed by atoms with E-state index in [2.05, 4.69) is 0 Å². The first-order chi connectivity index (χ1) is 19.4. The molecular weight excluding hydrogens is 708 g/mol. The maximum absolute atomic E-state index is 12.6. The number of aliphatic hydroxyl groups excluding tert-OH is 2. The standard InChI is InChI=1S/C24H45N5O12.Gd/c1-25(7-11-40-13-9-30)20(32)15-28(18-23(36)37)5-3-27(17-22(34)35)4-6-29(19-24(38)39)16-21(33)26(2)8-12-41-14-10-31;/h30-31H,3-19H2,1-2H3,(H,34,35)(H,36,37)(H,38,39);/q;+3. The molecule has 0 unspecified atom stereocenters. The van der Waals surface area contributed by atoms with Crippen LogP contribution in [-0.2, 0) is 33.4 Å². The van der Waals surface area contributed by atoms with E-state index in [1.165, 1.54) is 38.6 Å². The number of likely N-dealkylation sites (N-methyl/N-ethyl adjacent to an activating group) is 2. The van der Waals surface area contributed by atoms with Crippen LogP contribution in [-0.4, -0.2) is 205 Å². The first-order valence-electron chi connectivity index (χ1n) is 13.1. The van der Waals surface area contributed by atoms with E-state index >= 15 is 0 Å². The topological polar surface area (TPSA) is 221 Å². The molecule has 0 aromatic heterocycles. The summed E-state index contributed by atoms with van der Waals surface area (Å²) in [5.41, 5.74) is 0. The third kappa shape index (κ3) is 22.9. The van der Waals surface area contributed by atoms with Crippen LogP contribution in [0.3, 0.4) is 0 Å². The molecule has 0 aromatic carbocycles. The molecule has 0 saturated heterocycles. The van der Waals surface area contributed by atoms with Crippen LogP contribution in [0.5, 0.6) is 0 Å². The van der Waals surface area contributed by atoms with E-state index in [-0.39, 0.29) is 144 Å². The van der Waals surface area contributed by atoms with Gasteiger partial charge in [0, 0.05) is 53.4 Å². The summed E-state index contributed by atoms with van der Waals surface area (Å²) >= 11 is 0. The molecule has 0 bridgehead atoms. The molecule has 42 heavy (non-hydrogen) atoms. The number of carboxylic acids is 3. The average molecular weight is 753 g/mol. The van der Waals surface area contributed by atoms with Gasteiger partial charge < -0.3 is 44.8 Å². The molecular formula is C24H45GdN5O12+3. The molecule has 18 heteroatoms. The number of nitrogens with zero attached hydrogens (tertiary/aromatic N) is 5. The number of amides is 2. The van der Waals surface area contributed by atoms with Gasteiger partial charge in [-0.1, -0.05) is 0 Å². The fourth-order valence-electron chi connectivity index (χ4n) is 3.45. The molecule has 243 valence electrons. The second-order valence-corrected chi connectivity index (χ2v) is 9.18. The van der Waals surface area contributed by atoms with Gasteiger partial charge in [0.15, 0.2) is 0 Å². The summed E-state index contributed by atoms with van der Waals surface area (Å²) in [6, 6.07) is 0. The van der Waals surface area contributed by atoms with Crippen molar-refractivity contribution < 1.29 is 98.9 Å². The number of carboxylic acid groups (broad SMARTS) is 3. The zero-order chi connectivity index (χ0) is 31.2. The summed E-state index contributed by atoms with van der Waals surface area (Å²) in [6.45, 7) is -0.837. The zero-order valence-electron chi connectivity index (χ0n) is 24.2. The largest absolute Gasteiger partial charge is 3.00 e. The van der Waals surface area contributed by atoms with Crippen molar-refractivity contribution in [3.8, 4) is 0 Å². The second-order valence-electron chi connectivity index (χ2n) is 9.18. The maximum atomic E-state index is 12.6. The van der Waals surface area contributed by atoms with Gasteiger partial charge in [-0.25, -0.2) is 0 Å². The molecule has 0 aliphatic carbocycles. The van der Waals surface area contributed by atoms with Crippen LogP contribution < -0.4 is 0 Å². The van der Waals surface area contributed by atoms with Gasteiger partial charge in [-0.3, -0.25) is 38.7 Å². The van der Waals surface area contributed by atoms with Gasteiger partial charge in [-0.15, -0.1) is 0 Å². The predicted molar refractivity (Wildman–Crippen MR) is 143 cm³/mol. The fourth-order valence-corrected chi connectivity index (χ4v) is 3.45. The number of aliphatic hydroxyl groups is 2. The Morgan fingerprint density at radius 1 is 0.500 bits per heavy atom. The van der Waals surface area contributed by atoms with Crippen LogP contribution >= 0.6 is 0 Å². The number of hydrogen-bond acceptors (Lipinski definition) is 12. The Hall–Kier alpha value is -1.61. The van der Waals surface area contributed by atoms with E-state index in [1.54, 1.807) is 0 Å². The Morgan fingerprint density at radius 3 is 1.12 bits per heavy atom. The van der Waals surface area contributed by atoms with Gasteiger partial charge in [0.05, 0.1) is 72.4 Å². The number of carbonyl (C=O) groups is 5. The fraction of sp³-hybridized carbons (Fsp3) is 0.792. The van der Waals surface area contributed by atoms with Crippen molar-refractivity contribution in [3.63, 3.8) is 0 Å². The van der Waals surface area contributed by atoms with E-state index in [9.17, 15) is 39.3 Å². The van der Waals surface area contributed by atoms with E-state index in [0.717, 1.165) is 0 Å². The Kier molecular flexibility index (Phi) is 26.2. The van der Waals surface area contributed by atoms with Gasteiger partial charge in [0.25, 0.3) is 0 Å². The maximum Gasteiger partial charge on any atom is 3.00 e. The molecule has 0 aliphatic rings. The zero-order valence-corrected chi connectivity index (χ0v) is 26.5. The summed E-state index contributed by atoms with van der Waals surface area (Å²) < 4.78 is 10.3. The summed E-state index contributed by atoms with van der Waals surface area (Å²) in [5.74, 6) is -4.25. The summed E-state index contributed by atoms with van der Waals surface area (Å²) in [4.78, 5) is 66.2. The van der Waals surface area contributed by atoms with E-state index in [4.69, 9.17) is 19.7 Å². The van der Waals surface area contributed by atoms with Crippen LogP contribution in [0, 0.1) is 39.9 Å². The smallest absolute Gasteiger partial charge is 0.480 e. The van der Waals surface area contributed by atoms with Crippen molar-refractivity contribution >= 4 is 29.7 Å². The Labute approximate surface area is 277 Å². The Balaban J connectivity index is 0. The van der Waals surface area contributed by atoms with Crippen molar-refractivity contribution in [1.29, 1.82) is 0 Å². The molecule has 1 radical (unpaired) electrons. The SMILES string of the molecule is CN(CCOCCO)C(=O)CN(CCN(CCN(CC(=O)O)CC(=O)N(C)CCOCCO)CC(=O)O)CC(=O)O.[Gd+3]. The Morgan fingerprint density at radius 2 is 0.810 bits per heavy atom. The summed E-state index contributed by atoms with van der Waals surface area (Å²) in [7, 11) is 3.05. The number of carbonyl (C=O) groups excluding carboxylic acids is 2. The van der Waals surface area contributed by atoms with Crippen LogP contribution in [0.4, 0.5) is 0 Å². The normalized spacial score (nSPS) is 11.0. The van der Waals surface area contributed by atoms with Crippen LogP contribution in [0.25, 0.3) is 0 Å². The van der Waals surface area contributed by atoms with Crippen LogP contribution in [0.15, 0.2) is 0 Å². The second kappa shape index (κ2) is 25.9. The molecule has 2 amide bonds. The van der Waals surface area contributed by atoms with Crippen molar-refractivity contribution in [2.24, 2.45) is 0 Å². The first kappa shape index (κ1) is 42.5. The average Bonchev–Trinajstić information content (AvgIpc) is 2.89. The van der Waals surface area contributed by atoms with Crippen molar-refractivity contribution in [2.75, 3.05) is 126 Å². The quantitative estimate of drug-likeness (QED) is 0.0533. The van der Waals surface area contributed by atoms with E-state index < -0.39 is 37.5 Å².